The Hall–Kier alpha value is -1.91. The van der Waals surface area contributed by atoms with Crippen LogP contribution >= 0.6 is 0 Å². The van der Waals surface area contributed by atoms with E-state index < -0.39 is 11.8 Å². The summed E-state index contributed by atoms with van der Waals surface area (Å²) < 4.78 is 13.6. The van der Waals surface area contributed by atoms with E-state index in [1.165, 1.54) is 12.1 Å². The van der Waals surface area contributed by atoms with Gasteiger partial charge < -0.3 is 10.4 Å². The highest BCUT2D eigenvalue weighted by molar-refractivity contribution is 5.92. The molecule has 0 aliphatic heterocycles. The van der Waals surface area contributed by atoms with Crippen LogP contribution in [-0.2, 0) is 4.79 Å². The number of carboxylic acid groups (broad SMARTS) is 1. The number of halogens is 1. The third-order valence-electron chi connectivity index (χ3n) is 3.00. The highest BCUT2D eigenvalue weighted by Gasteiger charge is 2.10. The third kappa shape index (κ3) is 5.38. The molecule has 0 unspecified atom stereocenters. The molecule has 0 aliphatic rings. The molecule has 5 heteroatoms. The number of rotatable bonds is 8. The first-order valence-corrected chi connectivity index (χ1v) is 6.87. The molecule has 4 nitrogen and oxygen atoms in total. The van der Waals surface area contributed by atoms with Gasteiger partial charge in [0, 0.05) is 6.42 Å². The van der Waals surface area contributed by atoms with Crippen molar-refractivity contribution in [2.45, 2.75) is 45.4 Å². The lowest BCUT2D eigenvalue weighted by Crippen LogP contribution is -2.12. The van der Waals surface area contributed by atoms with Crippen molar-refractivity contribution >= 4 is 17.6 Å². The molecule has 1 rings (SSSR count). The van der Waals surface area contributed by atoms with E-state index in [9.17, 15) is 14.0 Å². The van der Waals surface area contributed by atoms with Crippen LogP contribution in [0.15, 0.2) is 18.2 Å². The Labute approximate surface area is 118 Å². The first kappa shape index (κ1) is 16.1. The number of hydrogen-bond acceptors (Lipinski definition) is 2. The Bertz CT molecular complexity index is 474. The molecule has 0 aromatic heterocycles. The highest BCUT2D eigenvalue weighted by atomic mass is 19.1. The molecule has 1 aromatic carbocycles. The van der Waals surface area contributed by atoms with Crippen molar-refractivity contribution in [3.05, 3.63) is 29.6 Å². The van der Waals surface area contributed by atoms with Gasteiger partial charge in [-0.2, -0.15) is 0 Å². The normalized spacial score (nSPS) is 10.3. The van der Waals surface area contributed by atoms with Crippen molar-refractivity contribution in [2.24, 2.45) is 0 Å². The summed E-state index contributed by atoms with van der Waals surface area (Å²) in [4.78, 5) is 22.3. The van der Waals surface area contributed by atoms with Gasteiger partial charge in [-0.3, -0.25) is 4.79 Å². The Morgan fingerprint density at radius 1 is 1.20 bits per heavy atom. The van der Waals surface area contributed by atoms with Crippen molar-refractivity contribution in [3.63, 3.8) is 0 Å². The van der Waals surface area contributed by atoms with E-state index in [0.717, 1.165) is 38.2 Å². The van der Waals surface area contributed by atoms with Gasteiger partial charge in [0.1, 0.15) is 5.82 Å². The van der Waals surface area contributed by atoms with Gasteiger partial charge in [-0.05, 0) is 24.6 Å². The molecule has 2 N–H and O–H groups in total. The molecular weight excluding hydrogens is 261 g/mol. The van der Waals surface area contributed by atoms with Crippen LogP contribution in [0.5, 0.6) is 0 Å². The summed E-state index contributed by atoms with van der Waals surface area (Å²) in [7, 11) is 0. The molecule has 110 valence electrons. The summed E-state index contributed by atoms with van der Waals surface area (Å²) in [5, 5.41) is 11.2. The van der Waals surface area contributed by atoms with E-state index in [2.05, 4.69) is 12.2 Å². The van der Waals surface area contributed by atoms with E-state index in [1.54, 1.807) is 0 Å². The number of carbonyl (C=O) groups excluding carboxylic acids is 1. The Kier molecular flexibility index (Phi) is 6.70. The van der Waals surface area contributed by atoms with Gasteiger partial charge in [-0.25, -0.2) is 9.18 Å². The minimum Gasteiger partial charge on any atom is -0.478 e. The largest absolute Gasteiger partial charge is 0.478 e. The molecule has 1 amide bonds. The number of nitrogens with one attached hydrogen (secondary N) is 1. The summed E-state index contributed by atoms with van der Waals surface area (Å²) in [6.45, 7) is 2.12. The second kappa shape index (κ2) is 8.30. The average molecular weight is 281 g/mol. The van der Waals surface area contributed by atoms with Crippen LogP contribution in [0.25, 0.3) is 0 Å². The van der Waals surface area contributed by atoms with Crippen LogP contribution in [0.2, 0.25) is 0 Å². The SMILES string of the molecule is CCCCCCCC(=O)Nc1ccc(C(=O)O)cc1F. The second-order valence-corrected chi connectivity index (χ2v) is 4.71. The maximum Gasteiger partial charge on any atom is 0.335 e. The summed E-state index contributed by atoms with van der Waals surface area (Å²) in [6, 6.07) is 3.44. The van der Waals surface area contributed by atoms with E-state index >= 15 is 0 Å². The topological polar surface area (TPSA) is 66.4 Å². The molecule has 0 atom stereocenters. The lowest BCUT2D eigenvalue weighted by Gasteiger charge is -2.07. The standard InChI is InChI=1S/C15H20FNO3/c1-2-3-4-5-6-7-14(18)17-13-9-8-11(15(19)20)10-12(13)16/h8-10H,2-7H2,1H3,(H,17,18)(H,19,20). The molecule has 0 aliphatic carbocycles. The Morgan fingerprint density at radius 2 is 1.90 bits per heavy atom. The van der Waals surface area contributed by atoms with Crippen molar-refractivity contribution in [1.29, 1.82) is 0 Å². The summed E-state index contributed by atoms with van der Waals surface area (Å²) >= 11 is 0. The Morgan fingerprint density at radius 3 is 2.50 bits per heavy atom. The molecule has 0 heterocycles. The summed E-state index contributed by atoms with van der Waals surface area (Å²) in [5.41, 5.74) is -0.117. The number of aromatic carboxylic acids is 1. The predicted octanol–water partition coefficient (Wildman–Crippen LogP) is 3.82. The van der Waals surface area contributed by atoms with Crippen LogP contribution < -0.4 is 5.32 Å². The number of anilines is 1. The van der Waals surface area contributed by atoms with Gasteiger partial charge in [0.25, 0.3) is 0 Å². The van der Waals surface area contributed by atoms with Crippen molar-refractivity contribution in [3.8, 4) is 0 Å². The summed E-state index contributed by atoms with van der Waals surface area (Å²) in [5.74, 6) is -2.18. The van der Waals surface area contributed by atoms with Crippen LogP contribution in [0.3, 0.4) is 0 Å². The van der Waals surface area contributed by atoms with Gasteiger partial charge >= 0.3 is 5.97 Å². The lowest BCUT2D eigenvalue weighted by atomic mass is 10.1. The third-order valence-corrected chi connectivity index (χ3v) is 3.00. The van der Waals surface area contributed by atoms with Crippen LogP contribution in [0, 0.1) is 5.82 Å². The minimum absolute atomic E-state index is 0.0218. The van der Waals surface area contributed by atoms with E-state index in [1.807, 2.05) is 0 Å². The quantitative estimate of drug-likeness (QED) is 0.712. The lowest BCUT2D eigenvalue weighted by molar-refractivity contribution is -0.116. The van der Waals surface area contributed by atoms with Gasteiger partial charge in [-0.1, -0.05) is 32.6 Å². The predicted molar refractivity (Wildman–Crippen MR) is 75.4 cm³/mol. The first-order chi connectivity index (χ1) is 9.54. The van der Waals surface area contributed by atoms with Crippen LogP contribution in [0.4, 0.5) is 10.1 Å². The zero-order valence-corrected chi connectivity index (χ0v) is 11.6. The zero-order chi connectivity index (χ0) is 15.0. The van der Waals surface area contributed by atoms with Crippen molar-refractivity contribution in [1.82, 2.24) is 0 Å². The fraction of sp³-hybridized carbons (Fsp3) is 0.467. The molecule has 0 spiro atoms. The number of benzene rings is 1. The maximum atomic E-state index is 13.6. The molecule has 0 radical (unpaired) electrons. The molecular formula is C15H20FNO3. The zero-order valence-electron chi connectivity index (χ0n) is 11.6. The molecule has 0 saturated carbocycles. The van der Waals surface area contributed by atoms with Gasteiger partial charge in [-0.15, -0.1) is 0 Å². The van der Waals surface area contributed by atoms with Crippen molar-refractivity contribution < 1.29 is 19.1 Å². The first-order valence-electron chi connectivity index (χ1n) is 6.87. The Balaban J connectivity index is 2.44. The number of amides is 1. The fourth-order valence-corrected chi connectivity index (χ4v) is 1.85. The molecule has 0 bridgehead atoms. The van der Waals surface area contributed by atoms with Crippen LogP contribution in [0.1, 0.15) is 55.8 Å². The van der Waals surface area contributed by atoms with Crippen LogP contribution in [-0.4, -0.2) is 17.0 Å². The second-order valence-electron chi connectivity index (χ2n) is 4.71. The number of carboxylic acids is 1. The van der Waals surface area contributed by atoms with E-state index in [-0.39, 0.29) is 17.2 Å². The van der Waals surface area contributed by atoms with Gasteiger partial charge in [0.2, 0.25) is 5.91 Å². The number of unbranched alkanes of at least 4 members (excludes halogenated alkanes) is 4. The molecule has 1 aromatic rings. The molecule has 0 saturated heterocycles. The molecule has 0 fully saturated rings. The smallest absolute Gasteiger partial charge is 0.335 e. The highest BCUT2D eigenvalue weighted by Crippen LogP contribution is 2.16. The summed E-state index contributed by atoms with van der Waals surface area (Å²) in [6.07, 6.45) is 5.53. The number of carbonyl (C=O) groups is 2. The fourth-order valence-electron chi connectivity index (χ4n) is 1.85. The van der Waals surface area contributed by atoms with E-state index in [4.69, 9.17) is 5.11 Å². The average Bonchev–Trinajstić information content (AvgIpc) is 2.40. The monoisotopic (exact) mass is 281 g/mol. The minimum atomic E-state index is -1.20. The maximum absolute atomic E-state index is 13.6. The number of hydrogen-bond donors (Lipinski definition) is 2. The van der Waals surface area contributed by atoms with E-state index in [0.29, 0.717) is 6.42 Å². The van der Waals surface area contributed by atoms with Gasteiger partial charge in [0.05, 0.1) is 11.3 Å². The molecule has 20 heavy (non-hydrogen) atoms. The van der Waals surface area contributed by atoms with Gasteiger partial charge in [0.15, 0.2) is 0 Å². The van der Waals surface area contributed by atoms with Crippen molar-refractivity contribution in [2.75, 3.05) is 5.32 Å².